The summed E-state index contributed by atoms with van der Waals surface area (Å²) in [6.07, 6.45) is 6.13. The summed E-state index contributed by atoms with van der Waals surface area (Å²) in [7, 11) is 0. The summed E-state index contributed by atoms with van der Waals surface area (Å²) in [5, 5.41) is 0. The van der Waals surface area contributed by atoms with Gasteiger partial charge < -0.3 is 9.80 Å². The standard InChI is InChI=1S/2C16H24F2N.Ti/c2*1-5-7-10-19(12-16(3,4)6-2)15-9-8-13(17)11-14(15)18;/h2*8-9H,5-7,10,12H2,1-4H3;/q2*-1;+2. The normalized spacial score (nSPS) is 11.4. The van der Waals surface area contributed by atoms with Crippen LogP contribution in [0, 0.1) is 46.2 Å². The van der Waals surface area contributed by atoms with E-state index in [0.717, 1.165) is 64.7 Å². The molecule has 2 nitrogen and oxygen atoms in total. The zero-order valence-electron chi connectivity index (χ0n) is 25.3. The van der Waals surface area contributed by atoms with E-state index in [1.54, 1.807) is 0 Å². The average molecular weight is 585 g/mol. The maximum absolute atomic E-state index is 13.9. The number of unbranched alkanes of at least 4 members (excludes halogenated alkanes) is 2. The Hall–Kier alpha value is -1.53. The van der Waals surface area contributed by atoms with Crippen molar-refractivity contribution < 1.29 is 39.3 Å². The van der Waals surface area contributed by atoms with Crippen LogP contribution in [-0.2, 0) is 21.7 Å². The SMILES string of the molecule is CCCCN(CC(C)(C)CC)c1ccc(F)[c-]c1F.CCCCN(CC(C)(C)CC)c1ccc(F)[c-]c1F.[Ti+2]. The van der Waals surface area contributed by atoms with Crippen molar-refractivity contribution in [2.45, 2.75) is 93.9 Å². The monoisotopic (exact) mass is 584 g/mol. The molecule has 0 aliphatic heterocycles. The minimum Gasteiger partial charge on any atom is -0.421 e. The zero-order valence-corrected chi connectivity index (χ0v) is 26.8. The van der Waals surface area contributed by atoms with Crippen molar-refractivity contribution in [3.05, 3.63) is 59.7 Å². The topological polar surface area (TPSA) is 6.48 Å². The number of halogens is 4. The van der Waals surface area contributed by atoms with Crippen molar-refractivity contribution in [1.82, 2.24) is 0 Å². The molecule has 0 saturated carbocycles. The van der Waals surface area contributed by atoms with Crippen LogP contribution in [0.15, 0.2) is 24.3 Å². The van der Waals surface area contributed by atoms with Crippen molar-refractivity contribution in [2.24, 2.45) is 10.8 Å². The van der Waals surface area contributed by atoms with Crippen LogP contribution in [0.25, 0.3) is 0 Å². The summed E-state index contributed by atoms with van der Waals surface area (Å²) in [5.74, 6) is -2.48. The van der Waals surface area contributed by atoms with Crippen molar-refractivity contribution >= 4 is 11.4 Å². The van der Waals surface area contributed by atoms with Gasteiger partial charge in [0, 0.05) is 49.4 Å². The predicted molar refractivity (Wildman–Crippen MR) is 153 cm³/mol. The van der Waals surface area contributed by atoms with E-state index in [2.05, 4.69) is 67.5 Å². The molecule has 39 heavy (non-hydrogen) atoms. The Morgan fingerprint density at radius 2 is 0.949 bits per heavy atom. The van der Waals surface area contributed by atoms with E-state index in [4.69, 9.17) is 0 Å². The minimum absolute atomic E-state index is 0. The van der Waals surface area contributed by atoms with Crippen molar-refractivity contribution in [2.75, 3.05) is 36.0 Å². The smallest absolute Gasteiger partial charge is 0.421 e. The van der Waals surface area contributed by atoms with E-state index in [0.29, 0.717) is 11.4 Å². The van der Waals surface area contributed by atoms with Gasteiger partial charge in [-0.1, -0.05) is 68.2 Å². The first-order valence-corrected chi connectivity index (χ1v) is 14.0. The third kappa shape index (κ3) is 13.6. The van der Waals surface area contributed by atoms with Crippen LogP contribution in [-0.4, -0.2) is 26.2 Å². The fourth-order valence-corrected chi connectivity index (χ4v) is 3.88. The molecule has 2 aromatic rings. The van der Waals surface area contributed by atoms with E-state index < -0.39 is 23.3 Å². The zero-order chi connectivity index (χ0) is 28.9. The summed E-state index contributed by atoms with van der Waals surface area (Å²) < 4.78 is 53.6. The molecule has 0 radical (unpaired) electrons. The van der Waals surface area contributed by atoms with Crippen LogP contribution in [0.5, 0.6) is 0 Å². The number of anilines is 2. The molecular formula is C32H48F4N2Ti. The van der Waals surface area contributed by atoms with Crippen LogP contribution >= 0.6 is 0 Å². The van der Waals surface area contributed by atoms with Crippen LogP contribution in [0.1, 0.15) is 93.9 Å². The third-order valence-electron chi connectivity index (χ3n) is 7.08. The van der Waals surface area contributed by atoms with Gasteiger partial charge in [-0.25, -0.2) is 17.6 Å². The maximum atomic E-state index is 13.9. The quantitative estimate of drug-likeness (QED) is 0.124. The van der Waals surface area contributed by atoms with Crippen molar-refractivity contribution in [3.8, 4) is 0 Å². The maximum Gasteiger partial charge on any atom is 2.00 e. The van der Waals surface area contributed by atoms with Gasteiger partial charge in [0.1, 0.15) is 0 Å². The van der Waals surface area contributed by atoms with Gasteiger partial charge in [-0.3, -0.25) is 0 Å². The van der Waals surface area contributed by atoms with Crippen LogP contribution in [0.2, 0.25) is 0 Å². The van der Waals surface area contributed by atoms with Gasteiger partial charge in [0.15, 0.2) is 0 Å². The molecular weight excluding hydrogens is 536 g/mol. The number of hydrogen-bond donors (Lipinski definition) is 0. The van der Waals surface area contributed by atoms with Crippen LogP contribution < -0.4 is 9.80 Å². The Balaban J connectivity index is 0.000000722. The molecule has 0 saturated heterocycles. The summed E-state index contributed by atoms with van der Waals surface area (Å²) in [6, 6.07) is 9.83. The Morgan fingerprint density at radius 1 is 0.615 bits per heavy atom. The van der Waals surface area contributed by atoms with Crippen molar-refractivity contribution in [3.63, 3.8) is 0 Å². The molecule has 0 aliphatic carbocycles. The van der Waals surface area contributed by atoms with Gasteiger partial charge in [-0.2, -0.15) is 0 Å². The van der Waals surface area contributed by atoms with E-state index >= 15 is 0 Å². The number of rotatable bonds is 14. The second-order valence-electron chi connectivity index (χ2n) is 11.6. The second-order valence-corrected chi connectivity index (χ2v) is 11.6. The fourth-order valence-electron chi connectivity index (χ4n) is 3.88. The molecule has 0 atom stereocenters. The Labute approximate surface area is 250 Å². The summed E-state index contributed by atoms with van der Waals surface area (Å²) in [6.45, 7) is 20.2. The summed E-state index contributed by atoms with van der Waals surface area (Å²) in [5.41, 5.74) is 1.12. The van der Waals surface area contributed by atoms with Gasteiger partial charge in [-0.15, -0.1) is 36.4 Å². The molecule has 0 unspecified atom stereocenters. The first-order chi connectivity index (χ1) is 17.8. The summed E-state index contributed by atoms with van der Waals surface area (Å²) >= 11 is 0. The number of hydrogen-bond acceptors (Lipinski definition) is 2. The molecule has 0 spiro atoms. The third-order valence-corrected chi connectivity index (χ3v) is 7.08. The Morgan fingerprint density at radius 3 is 1.21 bits per heavy atom. The van der Waals surface area contributed by atoms with E-state index in [1.165, 1.54) is 24.3 Å². The molecule has 0 amide bonds. The summed E-state index contributed by atoms with van der Waals surface area (Å²) in [4.78, 5) is 4.02. The largest absolute Gasteiger partial charge is 2.00 e. The van der Waals surface area contributed by atoms with Gasteiger partial charge in [-0.05, 0) is 47.9 Å². The van der Waals surface area contributed by atoms with Crippen LogP contribution in [0.3, 0.4) is 0 Å². The molecule has 0 aromatic heterocycles. The Bertz CT molecular complexity index is 888. The molecule has 0 fully saturated rings. The number of nitrogens with zero attached hydrogens (tertiary/aromatic N) is 2. The van der Waals surface area contributed by atoms with Gasteiger partial charge >= 0.3 is 21.7 Å². The molecule has 0 N–H and O–H groups in total. The van der Waals surface area contributed by atoms with E-state index in [9.17, 15) is 17.6 Å². The average Bonchev–Trinajstić information content (AvgIpc) is 2.85. The molecule has 0 bridgehead atoms. The molecule has 0 aliphatic rings. The van der Waals surface area contributed by atoms with Crippen LogP contribution in [0.4, 0.5) is 28.9 Å². The first kappa shape index (κ1) is 37.5. The fraction of sp³-hybridized carbons (Fsp3) is 0.625. The molecule has 2 rings (SSSR count). The first-order valence-electron chi connectivity index (χ1n) is 14.0. The molecule has 0 heterocycles. The number of benzene rings is 2. The Kier molecular flexibility index (Phi) is 17.3. The second kappa shape index (κ2) is 18.0. The molecule has 7 heteroatoms. The minimum atomic E-state index is -0.647. The van der Waals surface area contributed by atoms with Gasteiger partial charge in [0.25, 0.3) is 0 Å². The predicted octanol–water partition coefficient (Wildman–Crippen LogP) is 9.61. The van der Waals surface area contributed by atoms with E-state index in [1.807, 2.05) is 9.80 Å². The van der Waals surface area contributed by atoms with Gasteiger partial charge in [0.2, 0.25) is 0 Å². The van der Waals surface area contributed by atoms with Gasteiger partial charge in [0.05, 0.1) is 0 Å². The molecule has 2 aromatic carbocycles. The van der Waals surface area contributed by atoms with E-state index in [-0.39, 0.29) is 32.5 Å². The van der Waals surface area contributed by atoms with Crippen molar-refractivity contribution in [1.29, 1.82) is 0 Å². The molecule has 218 valence electrons.